The first kappa shape index (κ1) is 15.3. The summed E-state index contributed by atoms with van der Waals surface area (Å²) < 4.78 is 7.76. The third kappa shape index (κ3) is 2.97. The first-order valence-corrected chi connectivity index (χ1v) is 8.19. The zero-order chi connectivity index (χ0) is 15.7. The van der Waals surface area contributed by atoms with Crippen LogP contribution in [0.1, 0.15) is 44.7 Å². The number of hydrogen-bond donors (Lipinski definition) is 1. The van der Waals surface area contributed by atoms with Crippen LogP contribution in [0.2, 0.25) is 0 Å². The lowest BCUT2D eigenvalue weighted by atomic mass is 9.94. The molecule has 3 rings (SSSR count). The number of hydrogen-bond acceptors (Lipinski definition) is 3. The number of ether oxygens (including phenoxy) is 1. The van der Waals surface area contributed by atoms with Crippen molar-refractivity contribution in [3.63, 3.8) is 0 Å². The summed E-state index contributed by atoms with van der Waals surface area (Å²) in [5, 5.41) is 3.10. The Morgan fingerprint density at radius 3 is 2.82 bits per heavy atom. The van der Waals surface area contributed by atoms with E-state index in [1.807, 2.05) is 31.4 Å². The van der Waals surface area contributed by atoms with Crippen molar-refractivity contribution in [1.82, 2.24) is 19.8 Å². The number of aromatic nitrogens is 2. The van der Waals surface area contributed by atoms with Gasteiger partial charge in [0, 0.05) is 51.0 Å². The monoisotopic (exact) mass is 306 g/mol. The van der Waals surface area contributed by atoms with Crippen LogP contribution in [-0.2, 0) is 11.8 Å². The number of urea groups is 1. The number of carbonyl (C=O) groups is 1. The Balaban J connectivity index is 1.48. The zero-order valence-electron chi connectivity index (χ0n) is 13.7. The molecule has 2 fully saturated rings. The maximum absolute atomic E-state index is 12.3. The minimum atomic E-state index is -0.155. The van der Waals surface area contributed by atoms with E-state index >= 15 is 0 Å². The molecule has 0 aromatic carbocycles. The van der Waals surface area contributed by atoms with E-state index in [9.17, 15) is 4.79 Å². The molecule has 0 spiro atoms. The van der Waals surface area contributed by atoms with Crippen LogP contribution in [0.4, 0.5) is 4.79 Å². The Morgan fingerprint density at radius 1 is 1.50 bits per heavy atom. The van der Waals surface area contributed by atoms with Crippen LogP contribution in [-0.4, -0.2) is 51.8 Å². The van der Waals surface area contributed by atoms with Crippen LogP contribution in [0.25, 0.3) is 0 Å². The first-order valence-electron chi connectivity index (χ1n) is 8.19. The highest BCUT2D eigenvalue weighted by Crippen LogP contribution is 2.39. The van der Waals surface area contributed by atoms with Crippen LogP contribution in [0.15, 0.2) is 12.5 Å². The maximum atomic E-state index is 12.3. The summed E-state index contributed by atoms with van der Waals surface area (Å²) in [4.78, 5) is 18.5. The lowest BCUT2D eigenvalue weighted by molar-refractivity contribution is 0.0484. The van der Waals surface area contributed by atoms with E-state index < -0.39 is 0 Å². The fraction of sp³-hybridized carbons (Fsp3) is 0.750. The zero-order valence-corrected chi connectivity index (χ0v) is 13.7. The van der Waals surface area contributed by atoms with Crippen molar-refractivity contribution in [3.05, 3.63) is 18.2 Å². The number of piperidine rings is 1. The van der Waals surface area contributed by atoms with Crippen molar-refractivity contribution in [3.8, 4) is 0 Å². The summed E-state index contributed by atoms with van der Waals surface area (Å²) >= 11 is 0. The Morgan fingerprint density at radius 2 is 2.23 bits per heavy atom. The molecule has 122 valence electrons. The third-order valence-electron chi connectivity index (χ3n) is 5.01. The number of carbonyl (C=O) groups excluding carboxylic acids is 1. The highest BCUT2D eigenvalue weighted by Gasteiger charge is 2.52. The molecular weight excluding hydrogens is 280 g/mol. The molecule has 1 aliphatic carbocycles. The van der Waals surface area contributed by atoms with Gasteiger partial charge in [0.05, 0.1) is 18.0 Å². The summed E-state index contributed by atoms with van der Waals surface area (Å²) in [6, 6.07) is 0.214. The highest BCUT2D eigenvalue weighted by molar-refractivity contribution is 5.75. The van der Waals surface area contributed by atoms with E-state index in [2.05, 4.69) is 21.8 Å². The molecule has 6 heteroatoms. The van der Waals surface area contributed by atoms with Gasteiger partial charge in [0.2, 0.25) is 0 Å². The predicted octanol–water partition coefficient (Wildman–Crippen LogP) is 1.88. The van der Waals surface area contributed by atoms with Crippen molar-refractivity contribution in [2.45, 2.75) is 50.7 Å². The van der Waals surface area contributed by atoms with Gasteiger partial charge in [-0.1, -0.05) is 0 Å². The quantitative estimate of drug-likeness (QED) is 0.924. The van der Waals surface area contributed by atoms with Gasteiger partial charge in [-0.15, -0.1) is 0 Å². The van der Waals surface area contributed by atoms with E-state index in [0.717, 1.165) is 32.4 Å². The van der Waals surface area contributed by atoms with E-state index in [0.29, 0.717) is 12.5 Å². The molecule has 22 heavy (non-hydrogen) atoms. The number of rotatable bonds is 4. The van der Waals surface area contributed by atoms with Gasteiger partial charge in [0.1, 0.15) is 0 Å². The fourth-order valence-electron chi connectivity index (χ4n) is 3.42. The second-order valence-corrected chi connectivity index (χ2v) is 6.64. The molecule has 1 aromatic rings. The molecule has 1 saturated carbocycles. The van der Waals surface area contributed by atoms with Crippen molar-refractivity contribution in [1.29, 1.82) is 0 Å². The van der Waals surface area contributed by atoms with Gasteiger partial charge >= 0.3 is 6.03 Å². The smallest absolute Gasteiger partial charge is 0.317 e. The summed E-state index contributed by atoms with van der Waals surface area (Å²) in [5.41, 5.74) is 1.11. The molecule has 1 aromatic heterocycles. The molecule has 0 bridgehead atoms. The Labute approximate surface area is 131 Å². The maximum Gasteiger partial charge on any atom is 0.317 e. The number of aryl methyl sites for hydroxylation is 1. The minimum Gasteiger partial charge on any atom is -0.373 e. The van der Waals surface area contributed by atoms with Gasteiger partial charge in [0.15, 0.2) is 0 Å². The Hall–Kier alpha value is -1.56. The van der Waals surface area contributed by atoms with Gasteiger partial charge in [-0.05, 0) is 26.7 Å². The van der Waals surface area contributed by atoms with Gasteiger partial charge in [-0.25, -0.2) is 9.78 Å². The van der Waals surface area contributed by atoms with Crippen molar-refractivity contribution >= 4 is 6.03 Å². The van der Waals surface area contributed by atoms with Gasteiger partial charge in [0.25, 0.3) is 0 Å². The van der Waals surface area contributed by atoms with Gasteiger partial charge in [-0.3, -0.25) is 0 Å². The van der Waals surface area contributed by atoms with Crippen LogP contribution in [0, 0.1) is 0 Å². The lowest BCUT2D eigenvalue weighted by Crippen LogP contribution is -2.46. The lowest BCUT2D eigenvalue weighted by Gasteiger charge is -2.32. The number of likely N-dealkylation sites (tertiary alicyclic amines) is 1. The number of nitrogens with zero attached hydrogens (tertiary/aromatic N) is 3. The molecular formula is C16H26N4O2. The van der Waals surface area contributed by atoms with Gasteiger partial charge in [-0.2, -0.15) is 0 Å². The molecule has 2 atom stereocenters. The normalized spacial score (nSPS) is 28.7. The topological polar surface area (TPSA) is 59.4 Å². The van der Waals surface area contributed by atoms with Crippen molar-refractivity contribution < 1.29 is 9.53 Å². The molecule has 2 amide bonds. The predicted molar refractivity (Wildman–Crippen MR) is 83.7 cm³/mol. The van der Waals surface area contributed by atoms with Crippen molar-refractivity contribution in [2.24, 2.45) is 7.05 Å². The number of amides is 2. The summed E-state index contributed by atoms with van der Waals surface area (Å²) in [5.74, 6) is 0.506. The second-order valence-electron chi connectivity index (χ2n) is 6.64. The number of imidazole rings is 1. The molecule has 1 N–H and O–H groups in total. The molecule has 1 aliphatic heterocycles. The molecule has 0 radical (unpaired) electrons. The van der Waals surface area contributed by atoms with Crippen LogP contribution in [0.5, 0.6) is 0 Å². The fourth-order valence-corrected chi connectivity index (χ4v) is 3.42. The Kier molecular flexibility index (Phi) is 4.12. The first-order chi connectivity index (χ1) is 10.5. The minimum absolute atomic E-state index is 0.0527. The van der Waals surface area contributed by atoms with Crippen molar-refractivity contribution in [2.75, 3.05) is 19.7 Å². The van der Waals surface area contributed by atoms with Crippen LogP contribution >= 0.6 is 0 Å². The standard InChI is InChI=1S/C16H26N4O2/c1-4-22-16(2)9-14(16)18-15(21)20-7-5-12(6-8-20)13-10-17-11-19(13)3/h10-12,14H,4-9H2,1-3H3,(H,18,21)/t14-,16+/m1/s1. The second kappa shape index (κ2) is 5.91. The average Bonchev–Trinajstić information content (AvgIpc) is 2.92. The molecule has 1 saturated heterocycles. The summed E-state index contributed by atoms with van der Waals surface area (Å²) in [6.07, 6.45) is 6.70. The SMILES string of the molecule is CCO[C@@]1(C)C[C@H]1NC(=O)N1CCC(c2cncn2C)CC1. The summed E-state index contributed by atoms with van der Waals surface area (Å²) in [7, 11) is 2.03. The van der Waals surface area contributed by atoms with E-state index in [1.165, 1.54) is 5.69 Å². The third-order valence-corrected chi connectivity index (χ3v) is 5.01. The van der Waals surface area contributed by atoms with E-state index in [-0.39, 0.29) is 17.7 Å². The summed E-state index contributed by atoms with van der Waals surface area (Å²) in [6.45, 7) is 6.36. The van der Waals surface area contributed by atoms with Crippen LogP contribution in [0.3, 0.4) is 0 Å². The molecule has 6 nitrogen and oxygen atoms in total. The molecule has 0 unspecified atom stereocenters. The largest absolute Gasteiger partial charge is 0.373 e. The highest BCUT2D eigenvalue weighted by atomic mass is 16.5. The van der Waals surface area contributed by atoms with Gasteiger partial charge < -0.3 is 19.5 Å². The molecule has 2 heterocycles. The van der Waals surface area contributed by atoms with E-state index in [4.69, 9.17) is 4.74 Å². The average molecular weight is 306 g/mol. The van der Waals surface area contributed by atoms with E-state index in [1.54, 1.807) is 0 Å². The molecule has 2 aliphatic rings. The van der Waals surface area contributed by atoms with Crippen LogP contribution < -0.4 is 5.32 Å². The number of nitrogens with one attached hydrogen (secondary N) is 1. The Bertz CT molecular complexity index is 536.